The van der Waals surface area contributed by atoms with Gasteiger partial charge in [0.1, 0.15) is 0 Å². The average molecular weight is 345 g/mol. The highest BCUT2D eigenvalue weighted by Gasteiger charge is 2.20. The van der Waals surface area contributed by atoms with E-state index in [0.717, 1.165) is 38.1 Å². The van der Waals surface area contributed by atoms with Gasteiger partial charge in [0.05, 0.1) is 0 Å². The predicted octanol–water partition coefficient (Wildman–Crippen LogP) is 2.45. The van der Waals surface area contributed by atoms with E-state index < -0.39 is 23.4 Å². The fourth-order valence-corrected chi connectivity index (χ4v) is 2.33. The fourth-order valence-electron chi connectivity index (χ4n) is 2.33. The summed E-state index contributed by atoms with van der Waals surface area (Å²) in [5, 5.41) is 0. The van der Waals surface area contributed by atoms with Gasteiger partial charge in [-0.1, -0.05) is 0 Å². The summed E-state index contributed by atoms with van der Waals surface area (Å²) in [6, 6.07) is 1.51. The van der Waals surface area contributed by atoms with Crippen LogP contribution in [0.5, 0.6) is 0 Å². The van der Waals surface area contributed by atoms with Crippen LogP contribution in [0.2, 0.25) is 0 Å². The lowest BCUT2D eigenvalue weighted by atomic mass is 10.1. The lowest BCUT2D eigenvalue weighted by Gasteiger charge is -2.24. The highest BCUT2D eigenvalue weighted by Crippen LogP contribution is 2.16. The van der Waals surface area contributed by atoms with Crippen LogP contribution in [0.4, 0.5) is 13.2 Å². The lowest BCUT2D eigenvalue weighted by Crippen LogP contribution is -2.35. The van der Waals surface area contributed by atoms with Crippen molar-refractivity contribution in [3.8, 4) is 0 Å². The molecule has 0 bridgehead atoms. The van der Waals surface area contributed by atoms with Crippen LogP contribution in [0.25, 0.3) is 0 Å². The summed E-state index contributed by atoms with van der Waals surface area (Å²) in [6.07, 6.45) is 1.49. The van der Waals surface area contributed by atoms with E-state index in [0.29, 0.717) is 13.1 Å². The lowest BCUT2D eigenvalue weighted by molar-refractivity contribution is 0.0743. The predicted molar refractivity (Wildman–Crippen MR) is 88.6 cm³/mol. The first-order chi connectivity index (χ1) is 11.2. The Morgan fingerprint density at radius 1 is 0.833 bits per heavy atom. The highest BCUT2D eigenvalue weighted by atomic mass is 19.2. The molecule has 0 spiro atoms. The second-order valence-electron chi connectivity index (χ2n) is 6.36. The Bertz CT molecular complexity index is 513. The molecule has 0 N–H and O–H groups in total. The number of carbonyl (C=O) groups excluding carboxylic acids is 1. The minimum Gasteiger partial charge on any atom is -0.339 e. The SMILES string of the molecule is CN(C)CCCN(CCCN(C)C)C(=O)c1cc(F)c(F)c(F)c1. The zero-order valence-corrected chi connectivity index (χ0v) is 14.8. The monoisotopic (exact) mass is 345 g/mol. The number of benzene rings is 1. The maximum Gasteiger partial charge on any atom is 0.254 e. The van der Waals surface area contributed by atoms with Gasteiger partial charge in [-0.2, -0.15) is 0 Å². The Morgan fingerprint density at radius 2 is 1.25 bits per heavy atom. The van der Waals surface area contributed by atoms with Crippen LogP contribution in [-0.4, -0.2) is 75.0 Å². The fraction of sp³-hybridized carbons (Fsp3) is 0.588. The minimum atomic E-state index is -1.56. The van der Waals surface area contributed by atoms with Gasteiger partial charge in [0.25, 0.3) is 5.91 Å². The van der Waals surface area contributed by atoms with Crippen molar-refractivity contribution in [2.75, 3.05) is 54.4 Å². The summed E-state index contributed by atoms with van der Waals surface area (Å²) in [6.45, 7) is 2.54. The van der Waals surface area contributed by atoms with Gasteiger partial charge in [0, 0.05) is 18.7 Å². The van der Waals surface area contributed by atoms with Gasteiger partial charge in [-0.3, -0.25) is 4.79 Å². The molecule has 7 heteroatoms. The van der Waals surface area contributed by atoms with Gasteiger partial charge in [0.2, 0.25) is 0 Å². The van der Waals surface area contributed by atoms with E-state index >= 15 is 0 Å². The molecule has 1 rings (SSSR count). The first-order valence-corrected chi connectivity index (χ1v) is 7.95. The van der Waals surface area contributed by atoms with Crippen molar-refractivity contribution >= 4 is 5.91 Å². The third-order valence-electron chi connectivity index (χ3n) is 3.58. The molecule has 136 valence electrons. The van der Waals surface area contributed by atoms with Gasteiger partial charge in [-0.25, -0.2) is 13.2 Å². The molecule has 0 unspecified atom stereocenters. The van der Waals surface area contributed by atoms with Gasteiger partial charge < -0.3 is 14.7 Å². The Kier molecular flexibility index (Phi) is 8.21. The van der Waals surface area contributed by atoms with E-state index in [1.54, 1.807) is 4.90 Å². The number of rotatable bonds is 9. The molecule has 0 aromatic heterocycles. The molecule has 0 atom stereocenters. The van der Waals surface area contributed by atoms with Gasteiger partial charge in [-0.15, -0.1) is 0 Å². The molecule has 1 aromatic carbocycles. The van der Waals surface area contributed by atoms with Crippen LogP contribution in [0.3, 0.4) is 0 Å². The molecule has 0 heterocycles. The molecule has 0 fully saturated rings. The molecule has 0 saturated heterocycles. The van der Waals surface area contributed by atoms with Crippen molar-refractivity contribution < 1.29 is 18.0 Å². The first-order valence-electron chi connectivity index (χ1n) is 7.95. The number of carbonyl (C=O) groups is 1. The summed E-state index contributed by atoms with van der Waals surface area (Å²) in [7, 11) is 7.73. The largest absolute Gasteiger partial charge is 0.339 e. The Labute approximate surface area is 141 Å². The number of amides is 1. The van der Waals surface area contributed by atoms with E-state index in [9.17, 15) is 18.0 Å². The van der Waals surface area contributed by atoms with E-state index in [1.807, 2.05) is 38.0 Å². The molecule has 0 aliphatic carbocycles. The topological polar surface area (TPSA) is 26.8 Å². The van der Waals surface area contributed by atoms with Crippen molar-refractivity contribution in [1.29, 1.82) is 0 Å². The summed E-state index contributed by atoms with van der Waals surface area (Å²) >= 11 is 0. The second kappa shape index (κ2) is 9.64. The molecule has 0 saturated carbocycles. The summed E-state index contributed by atoms with van der Waals surface area (Å²) in [4.78, 5) is 18.1. The average Bonchev–Trinajstić information content (AvgIpc) is 2.49. The Balaban J connectivity index is 2.84. The van der Waals surface area contributed by atoms with Crippen LogP contribution >= 0.6 is 0 Å². The number of hydrogen-bond acceptors (Lipinski definition) is 3. The van der Waals surface area contributed by atoms with Gasteiger partial charge in [0.15, 0.2) is 17.5 Å². The highest BCUT2D eigenvalue weighted by molar-refractivity contribution is 5.94. The van der Waals surface area contributed by atoms with E-state index in [1.165, 1.54) is 0 Å². The number of halogens is 3. The second-order valence-corrected chi connectivity index (χ2v) is 6.36. The molecule has 0 radical (unpaired) electrons. The third kappa shape index (κ3) is 6.49. The zero-order chi connectivity index (χ0) is 18.3. The summed E-state index contributed by atoms with van der Waals surface area (Å²) in [5.74, 6) is -4.73. The molecular formula is C17H26F3N3O. The van der Waals surface area contributed by atoms with E-state index in [4.69, 9.17) is 0 Å². The Hall–Kier alpha value is -1.60. The standard InChI is InChI=1S/C17H26F3N3O/c1-21(2)7-5-9-23(10-6-8-22(3)4)17(24)13-11-14(18)16(20)15(19)12-13/h11-12H,5-10H2,1-4H3. The Morgan fingerprint density at radius 3 is 1.62 bits per heavy atom. The van der Waals surface area contributed by atoms with E-state index in [-0.39, 0.29) is 5.56 Å². The molecule has 0 aliphatic heterocycles. The summed E-state index contributed by atoms with van der Waals surface area (Å²) < 4.78 is 39.8. The van der Waals surface area contributed by atoms with Crippen molar-refractivity contribution in [1.82, 2.24) is 14.7 Å². The smallest absolute Gasteiger partial charge is 0.254 e. The molecule has 1 amide bonds. The van der Waals surface area contributed by atoms with Crippen molar-refractivity contribution in [2.24, 2.45) is 0 Å². The van der Waals surface area contributed by atoms with Crippen molar-refractivity contribution in [2.45, 2.75) is 12.8 Å². The maximum absolute atomic E-state index is 13.4. The van der Waals surface area contributed by atoms with Crippen molar-refractivity contribution in [3.63, 3.8) is 0 Å². The normalized spacial score (nSPS) is 11.4. The van der Waals surface area contributed by atoms with Crippen molar-refractivity contribution in [3.05, 3.63) is 35.1 Å². The minimum absolute atomic E-state index is 0.166. The van der Waals surface area contributed by atoms with E-state index in [2.05, 4.69) is 0 Å². The zero-order valence-electron chi connectivity index (χ0n) is 14.8. The first kappa shape index (κ1) is 20.4. The molecule has 1 aromatic rings. The van der Waals surface area contributed by atoms with Crippen LogP contribution in [-0.2, 0) is 0 Å². The molecular weight excluding hydrogens is 319 g/mol. The van der Waals surface area contributed by atoms with Gasteiger partial charge in [-0.05, 0) is 66.3 Å². The number of nitrogens with zero attached hydrogens (tertiary/aromatic N) is 3. The molecule has 4 nitrogen and oxygen atoms in total. The maximum atomic E-state index is 13.4. The van der Waals surface area contributed by atoms with Crippen LogP contribution in [0.15, 0.2) is 12.1 Å². The third-order valence-corrected chi connectivity index (χ3v) is 3.58. The van der Waals surface area contributed by atoms with Gasteiger partial charge >= 0.3 is 0 Å². The quantitative estimate of drug-likeness (QED) is 0.643. The summed E-state index contributed by atoms with van der Waals surface area (Å²) in [5.41, 5.74) is -0.166. The molecule has 0 aliphatic rings. The number of hydrogen-bond donors (Lipinski definition) is 0. The van der Waals surface area contributed by atoms with Crippen LogP contribution in [0.1, 0.15) is 23.2 Å². The van der Waals surface area contributed by atoms with Crippen LogP contribution in [0, 0.1) is 17.5 Å². The molecule has 24 heavy (non-hydrogen) atoms. The van der Waals surface area contributed by atoms with Crippen LogP contribution < -0.4 is 0 Å².